The van der Waals surface area contributed by atoms with Gasteiger partial charge in [-0.3, -0.25) is 0 Å². The van der Waals surface area contributed by atoms with Gasteiger partial charge in [0.05, 0.1) is 6.10 Å². The van der Waals surface area contributed by atoms with Crippen molar-refractivity contribution in [2.24, 2.45) is 5.41 Å². The molecule has 0 saturated heterocycles. The zero-order chi connectivity index (χ0) is 13.3. The van der Waals surface area contributed by atoms with Crippen LogP contribution in [0.15, 0.2) is 24.3 Å². The summed E-state index contributed by atoms with van der Waals surface area (Å²) >= 11 is 0. The lowest BCUT2D eigenvalue weighted by atomic mass is 9.51. The summed E-state index contributed by atoms with van der Waals surface area (Å²) in [6.07, 6.45) is 5.49. The monoisotopic (exact) mass is 263 g/mol. The van der Waals surface area contributed by atoms with E-state index in [1.54, 1.807) is 0 Å². The van der Waals surface area contributed by atoms with Crippen LogP contribution in [0.2, 0.25) is 0 Å². The molecule has 3 heteroatoms. The molecule has 0 amide bonds. The third-order valence-corrected chi connectivity index (χ3v) is 4.90. The lowest BCUT2D eigenvalue weighted by Crippen LogP contribution is -2.66. The van der Waals surface area contributed by atoms with E-state index in [0.717, 1.165) is 25.1 Å². The smallest absolute Gasteiger partial charge is 0.123 e. The standard InChI is InChI=1S/C16H22FNO/c1-2-19-15-10-14(16(15)8-3-9-16)18-11-12-4-6-13(17)7-5-12/h4-7,14-15,18H,2-3,8-11H2,1H3. The Balaban J connectivity index is 1.55. The summed E-state index contributed by atoms with van der Waals surface area (Å²) in [5, 5.41) is 3.63. The Morgan fingerprint density at radius 3 is 2.63 bits per heavy atom. The molecule has 0 aliphatic heterocycles. The van der Waals surface area contributed by atoms with Gasteiger partial charge in [-0.25, -0.2) is 4.39 Å². The van der Waals surface area contributed by atoms with Gasteiger partial charge in [0, 0.05) is 24.6 Å². The molecule has 1 N–H and O–H groups in total. The van der Waals surface area contributed by atoms with Crippen LogP contribution >= 0.6 is 0 Å². The Morgan fingerprint density at radius 1 is 1.32 bits per heavy atom. The molecule has 2 atom stereocenters. The molecule has 0 bridgehead atoms. The van der Waals surface area contributed by atoms with Crippen molar-refractivity contribution >= 4 is 0 Å². The van der Waals surface area contributed by atoms with Crippen molar-refractivity contribution in [3.05, 3.63) is 35.6 Å². The van der Waals surface area contributed by atoms with E-state index >= 15 is 0 Å². The Kier molecular flexibility index (Phi) is 3.59. The number of ether oxygens (including phenoxy) is 1. The fraction of sp³-hybridized carbons (Fsp3) is 0.625. The number of halogens is 1. The molecule has 3 rings (SSSR count). The molecule has 2 saturated carbocycles. The Labute approximate surface area is 114 Å². The second-order valence-corrected chi connectivity index (χ2v) is 5.83. The highest BCUT2D eigenvalue weighted by Crippen LogP contribution is 2.57. The molecule has 1 spiro atoms. The third-order valence-electron chi connectivity index (χ3n) is 4.90. The first kappa shape index (κ1) is 13.1. The van der Waals surface area contributed by atoms with Crippen molar-refractivity contribution in [3.8, 4) is 0 Å². The number of rotatable bonds is 5. The minimum atomic E-state index is -0.167. The van der Waals surface area contributed by atoms with Gasteiger partial charge in [0.15, 0.2) is 0 Å². The van der Waals surface area contributed by atoms with Gasteiger partial charge in [0.1, 0.15) is 5.82 Å². The van der Waals surface area contributed by atoms with E-state index in [9.17, 15) is 4.39 Å². The number of benzene rings is 1. The molecule has 2 unspecified atom stereocenters. The van der Waals surface area contributed by atoms with Crippen molar-refractivity contribution in [1.29, 1.82) is 0 Å². The number of hydrogen-bond donors (Lipinski definition) is 1. The van der Waals surface area contributed by atoms with Crippen LogP contribution in [0.4, 0.5) is 4.39 Å². The minimum absolute atomic E-state index is 0.167. The molecular weight excluding hydrogens is 241 g/mol. The lowest BCUT2D eigenvalue weighted by molar-refractivity contribution is -0.173. The molecule has 1 aromatic rings. The molecule has 2 fully saturated rings. The maximum Gasteiger partial charge on any atom is 0.123 e. The zero-order valence-corrected chi connectivity index (χ0v) is 11.5. The summed E-state index contributed by atoms with van der Waals surface area (Å²) in [6, 6.07) is 7.34. The first-order chi connectivity index (χ1) is 9.24. The molecule has 2 aliphatic carbocycles. The Morgan fingerprint density at radius 2 is 2.05 bits per heavy atom. The highest BCUT2D eigenvalue weighted by molar-refractivity contribution is 5.17. The second kappa shape index (κ2) is 5.22. The topological polar surface area (TPSA) is 21.3 Å². The van der Waals surface area contributed by atoms with Gasteiger partial charge in [0.25, 0.3) is 0 Å². The van der Waals surface area contributed by atoms with E-state index in [4.69, 9.17) is 4.74 Å². The van der Waals surface area contributed by atoms with Crippen LogP contribution in [0.25, 0.3) is 0 Å². The van der Waals surface area contributed by atoms with E-state index in [1.807, 2.05) is 12.1 Å². The van der Waals surface area contributed by atoms with Gasteiger partial charge in [0.2, 0.25) is 0 Å². The second-order valence-electron chi connectivity index (χ2n) is 5.83. The largest absolute Gasteiger partial charge is 0.378 e. The first-order valence-electron chi connectivity index (χ1n) is 7.34. The molecule has 2 aliphatic rings. The van der Waals surface area contributed by atoms with Crippen LogP contribution < -0.4 is 5.32 Å². The molecule has 104 valence electrons. The molecule has 19 heavy (non-hydrogen) atoms. The van der Waals surface area contributed by atoms with Gasteiger partial charge < -0.3 is 10.1 Å². The predicted molar refractivity (Wildman–Crippen MR) is 73.3 cm³/mol. The minimum Gasteiger partial charge on any atom is -0.378 e. The van der Waals surface area contributed by atoms with Gasteiger partial charge in [-0.15, -0.1) is 0 Å². The van der Waals surface area contributed by atoms with E-state index in [0.29, 0.717) is 17.6 Å². The van der Waals surface area contributed by atoms with Crippen LogP contribution in [0.3, 0.4) is 0 Å². The molecule has 0 aromatic heterocycles. The van der Waals surface area contributed by atoms with Crippen LogP contribution in [0.5, 0.6) is 0 Å². The Bertz CT molecular complexity index is 427. The van der Waals surface area contributed by atoms with Gasteiger partial charge in [-0.1, -0.05) is 18.6 Å². The number of hydrogen-bond acceptors (Lipinski definition) is 2. The van der Waals surface area contributed by atoms with E-state index < -0.39 is 0 Å². The van der Waals surface area contributed by atoms with Crippen LogP contribution in [-0.4, -0.2) is 18.8 Å². The van der Waals surface area contributed by atoms with Crippen molar-refractivity contribution < 1.29 is 9.13 Å². The molecular formula is C16H22FNO. The SMILES string of the molecule is CCOC1CC(NCc2ccc(F)cc2)C12CCC2. The van der Waals surface area contributed by atoms with E-state index in [1.165, 1.54) is 31.4 Å². The number of nitrogens with one attached hydrogen (secondary N) is 1. The highest BCUT2D eigenvalue weighted by Gasteiger charge is 2.58. The summed E-state index contributed by atoms with van der Waals surface area (Å²) in [4.78, 5) is 0. The maximum atomic E-state index is 12.8. The van der Waals surface area contributed by atoms with Gasteiger partial charge in [-0.2, -0.15) is 0 Å². The zero-order valence-electron chi connectivity index (χ0n) is 11.5. The summed E-state index contributed by atoms with van der Waals surface area (Å²) in [7, 11) is 0. The predicted octanol–water partition coefficient (Wildman–Crippen LogP) is 3.26. The summed E-state index contributed by atoms with van der Waals surface area (Å²) < 4.78 is 18.7. The van der Waals surface area contributed by atoms with Crippen LogP contribution in [0, 0.1) is 11.2 Å². The van der Waals surface area contributed by atoms with Crippen molar-refractivity contribution in [2.75, 3.05) is 6.61 Å². The fourth-order valence-corrected chi connectivity index (χ4v) is 3.57. The lowest BCUT2D eigenvalue weighted by Gasteiger charge is -2.61. The van der Waals surface area contributed by atoms with E-state index in [2.05, 4.69) is 12.2 Å². The molecule has 0 radical (unpaired) electrons. The first-order valence-corrected chi connectivity index (χ1v) is 7.34. The van der Waals surface area contributed by atoms with E-state index in [-0.39, 0.29) is 5.82 Å². The Hall–Kier alpha value is -0.930. The van der Waals surface area contributed by atoms with Gasteiger partial charge in [-0.05, 0) is 43.9 Å². The molecule has 0 heterocycles. The average molecular weight is 263 g/mol. The summed E-state index contributed by atoms with van der Waals surface area (Å²) in [6.45, 7) is 3.72. The quantitative estimate of drug-likeness (QED) is 0.880. The maximum absolute atomic E-state index is 12.8. The highest BCUT2D eigenvalue weighted by atomic mass is 19.1. The van der Waals surface area contributed by atoms with Crippen LogP contribution in [-0.2, 0) is 11.3 Å². The summed E-state index contributed by atoms with van der Waals surface area (Å²) in [5.74, 6) is -0.167. The van der Waals surface area contributed by atoms with Crippen molar-refractivity contribution in [1.82, 2.24) is 5.32 Å². The summed E-state index contributed by atoms with van der Waals surface area (Å²) in [5.41, 5.74) is 1.55. The van der Waals surface area contributed by atoms with Crippen molar-refractivity contribution in [2.45, 2.75) is 51.3 Å². The van der Waals surface area contributed by atoms with Crippen LogP contribution in [0.1, 0.15) is 38.2 Å². The fourth-order valence-electron chi connectivity index (χ4n) is 3.57. The molecule has 2 nitrogen and oxygen atoms in total. The normalized spacial score (nSPS) is 27.9. The third kappa shape index (κ3) is 2.30. The average Bonchev–Trinajstić information content (AvgIpc) is 2.33. The van der Waals surface area contributed by atoms with Crippen molar-refractivity contribution in [3.63, 3.8) is 0 Å². The molecule has 1 aromatic carbocycles. The van der Waals surface area contributed by atoms with Gasteiger partial charge >= 0.3 is 0 Å².